The average Bonchev–Trinajstić information content (AvgIpc) is 2.24. The number of hydrogen-bond donors (Lipinski definition) is 0. The minimum atomic E-state index is -0.0630. The Kier molecular flexibility index (Phi) is 11.1. The maximum absolute atomic E-state index is 8.07. The maximum Gasteiger partial charge on any atom is 0.157 e. The molecule has 0 aromatic heterocycles. The molecule has 0 atom stereocenters. The van der Waals surface area contributed by atoms with E-state index in [1.807, 2.05) is 13.8 Å². The Labute approximate surface area is 93.6 Å². The van der Waals surface area contributed by atoms with Crippen molar-refractivity contribution in [3.63, 3.8) is 0 Å². The van der Waals surface area contributed by atoms with Crippen LogP contribution >= 0.6 is 0 Å². The van der Waals surface area contributed by atoms with E-state index in [-0.39, 0.29) is 6.29 Å². The topological polar surface area (TPSA) is 67.2 Å². The fraction of sp³-hybridized carbons (Fsp3) is 1.00. The second kappa shape index (κ2) is 11.5. The second-order valence-corrected chi connectivity index (χ2v) is 4.33. The zero-order valence-electron chi connectivity index (χ0n) is 9.48. The van der Waals surface area contributed by atoms with Crippen molar-refractivity contribution >= 4 is 9.52 Å². The Balaban J connectivity index is 3.39. The summed E-state index contributed by atoms with van der Waals surface area (Å²) >= 11 is 0. The molecule has 2 radical (unpaired) electrons. The highest BCUT2D eigenvalue weighted by atomic mass is 28.2. The lowest BCUT2D eigenvalue weighted by Gasteiger charge is -2.16. The van der Waals surface area contributed by atoms with Crippen molar-refractivity contribution in [2.75, 3.05) is 19.8 Å². The maximum atomic E-state index is 8.07. The normalized spacial score (nSPS) is 10.3. The molecule has 86 valence electrons. The molecule has 0 saturated heterocycles. The van der Waals surface area contributed by atoms with Gasteiger partial charge in [-0.3, -0.25) is 0 Å². The van der Waals surface area contributed by atoms with Crippen molar-refractivity contribution in [2.24, 2.45) is 5.11 Å². The van der Waals surface area contributed by atoms with Gasteiger partial charge in [-0.25, -0.2) is 0 Å². The van der Waals surface area contributed by atoms with Gasteiger partial charge in [0.05, 0.1) is 0 Å². The highest BCUT2D eigenvalue weighted by Gasteiger charge is 2.06. The molecule has 0 aliphatic carbocycles. The molecule has 0 aliphatic heterocycles. The first-order valence-electron chi connectivity index (χ1n) is 5.29. The predicted octanol–water partition coefficient (Wildman–Crippen LogP) is 2.63. The molecular formula is C9H19N3O2Si. The van der Waals surface area contributed by atoms with Crippen molar-refractivity contribution in [1.82, 2.24) is 0 Å². The standard InChI is InChI=1S/C9H19N3O2Si/c1-3-13-9(14-4-2)5-7-15-8-6-11-12-10/h9H,3-8H2,1-2H3. The van der Waals surface area contributed by atoms with Crippen LogP contribution in [0.15, 0.2) is 5.11 Å². The molecule has 0 heterocycles. The van der Waals surface area contributed by atoms with Gasteiger partial charge in [0.2, 0.25) is 0 Å². The first-order valence-corrected chi connectivity index (χ1v) is 6.71. The summed E-state index contributed by atoms with van der Waals surface area (Å²) in [5.74, 6) is 0. The first kappa shape index (κ1) is 14.4. The van der Waals surface area contributed by atoms with E-state index in [9.17, 15) is 0 Å². The van der Waals surface area contributed by atoms with E-state index in [4.69, 9.17) is 15.0 Å². The summed E-state index contributed by atoms with van der Waals surface area (Å²) in [6.45, 7) is 5.91. The quantitative estimate of drug-likeness (QED) is 0.144. The minimum Gasteiger partial charge on any atom is -0.353 e. The van der Waals surface area contributed by atoms with Crippen molar-refractivity contribution in [3.8, 4) is 0 Å². The highest BCUT2D eigenvalue weighted by molar-refractivity contribution is 6.35. The van der Waals surface area contributed by atoms with E-state index in [2.05, 4.69) is 10.0 Å². The van der Waals surface area contributed by atoms with Crippen LogP contribution in [-0.4, -0.2) is 35.6 Å². The zero-order chi connectivity index (χ0) is 11.4. The highest BCUT2D eigenvalue weighted by Crippen LogP contribution is 2.05. The number of rotatable bonds is 10. The first-order chi connectivity index (χ1) is 7.35. The van der Waals surface area contributed by atoms with Crippen molar-refractivity contribution in [3.05, 3.63) is 10.4 Å². The molecule has 6 heteroatoms. The monoisotopic (exact) mass is 229 g/mol. The van der Waals surface area contributed by atoms with Crippen LogP contribution in [0.3, 0.4) is 0 Å². The van der Waals surface area contributed by atoms with E-state index in [1.165, 1.54) is 0 Å². The smallest absolute Gasteiger partial charge is 0.157 e. The van der Waals surface area contributed by atoms with Crippen molar-refractivity contribution in [2.45, 2.75) is 38.6 Å². The zero-order valence-corrected chi connectivity index (χ0v) is 10.5. The Morgan fingerprint density at radius 1 is 1.27 bits per heavy atom. The fourth-order valence-corrected chi connectivity index (χ4v) is 2.05. The van der Waals surface area contributed by atoms with Gasteiger partial charge in [0.1, 0.15) is 0 Å². The Hall–Kier alpha value is -0.553. The summed E-state index contributed by atoms with van der Waals surface area (Å²) in [4.78, 5) is 2.71. The van der Waals surface area contributed by atoms with Crippen molar-refractivity contribution in [1.29, 1.82) is 0 Å². The second-order valence-electron chi connectivity index (χ2n) is 2.83. The van der Waals surface area contributed by atoms with Crippen LogP contribution in [0.2, 0.25) is 12.1 Å². The van der Waals surface area contributed by atoms with Gasteiger partial charge in [-0.2, -0.15) is 0 Å². The van der Waals surface area contributed by atoms with Crippen LogP contribution in [0, 0.1) is 0 Å². The van der Waals surface area contributed by atoms with Gasteiger partial charge in [0.25, 0.3) is 0 Å². The van der Waals surface area contributed by atoms with Crippen LogP contribution in [0.5, 0.6) is 0 Å². The minimum absolute atomic E-state index is 0.0630. The molecule has 0 aromatic carbocycles. The van der Waals surface area contributed by atoms with Gasteiger partial charge >= 0.3 is 0 Å². The fourth-order valence-electron chi connectivity index (χ4n) is 1.11. The third-order valence-corrected chi connectivity index (χ3v) is 2.93. The Morgan fingerprint density at radius 3 is 2.47 bits per heavy atom. The van der Waals surface area contributed by atoms with Crippen LogP contribution < -0.4 is 0 Å². The molecule has 0 aromatic rings. The van der Waals surface area contributed by atoms with E-state index in [0.29, 0.717) is 19.8 Å². The molecule has 0 bridgehead atoms. The molecule has 0 N–H and O–H groups in total. The molecule has 0 rings (SSSR count). The van der Waals surface area contributed by atoms with Gasteiger partial charge in [-0.05, 0) is 25.8 Å². The summed E-state index contributed by atoms with van der Waals surface area (Å²) in [7, 11) is 0.819. The van der Waals surface area contributed by atoms with E-state index in [0.717, 1.165) is 28.0 Å². The van der Waals surface area contributed by atoms with Crippen LogP contribution in [-0.2, 0) is 9.47 Å². The number of nitrogens with zero attached hydrogens (tertiary/aromatic N) is 3. The molecule has 0 fully saturated rings. The molecule has 0 spiro atoms. The number of ether oxygens (including phenoxy) is 2. The molecule has 15 heavy (non-hydrogen) atoms. The molecular weight excluding hydrogens is 210 g/mol. The molecule has 5 nitrogen and oxygen atoms in total. The largest absolute Gasteiger partial charge is 0.353 e. The van der Waals surface area contributed by atoms with Gasteiger partial charge in [0, 0.05) is 34.2 Å². The molecule has 0 aliphatic rings. The van der Waals surface area contributed by atoms with Crippen LogP contribution in [0.1, 0.15) is 20.3 Å². The SMILES string of the molecule is CCOC(CC[Si]CCN=[N+]=[N-])OCC. The van der Waals surface area contributed by atoms with E-state index >= 15 is 0 Å². The van der Waals surface area contributed by atoms with Gasteiger partial charge < -0.3 is 9.47 Å². The summed E-state index contributed by atoms with van der Waals surface area (Å²) < 4.78 is 10.8. The predicted molar refractivity (Wildman–Crippen MR) is 61.0 cm³/mol. The van der Waals surface area contributed by atoms with Crippen LogP contribution in [0.4, 0.5) is 0 Å². The summed E-state index contributed by atoms with van der Waals surface area (Å²) in [5, 5.41) is 3.49. The van der Waals surface area contributed by atoms with Gasteiger partial charge in [-0.1, -0.05) is 17.2 Å². The Bertz CT molecular complexity index is 180. The summed E-state index contributed by atoms with van der Waals surface area (Å²) in [6.07, 6.45) is 0.864. The van der Waals surface area contributed by atoms with Gasteiger partial charge in [0.15, 0.2) is 6.29 Å². The summed E-state index contributed by atoms with van der Waals surface area (Å²) in [5.41, 5.74) is 8.07. The Morgan fingerprint density at radius 2 is 1.93 bits per heavy atom. The third kappa shape index (κ3) is 9.74. The van der Waals surface area contributed by atoms with Crippen LogP contribution in [0.25, 0.3) is 10.4 Å². The lowest BCUT2D eigenvalue weighted by molar-refractivity contribution is -0.136. The molecule has 0 amide bonds. The average molecular weight is 229 g/mol. The van der Waals surface area contributed by atoms with E-state index < -0.39 is 0 Å². The lowest BCUT2D eigenvalue weighted by atomic mass is 10.4. The third-order valence-electron chi connectivity index (χ3n) is 1.71. The number of azide groups is 1. The lowest BCUT2D eigenvalue weighted by Crippen LogP contribution is -2.17. The number of hydrogen-bond acceptors (Lipinski definition) is 3. The molecule has 0 saturated carbocycles. The van der Waals surface area contributed by atoms with E-state index in [1.54, 1.807) is 0 Å². The molecule has 0 unspecified atom stereocenters. The van der Waals surface area contributed by atoms with Gasteiger partial charge in [-0.15, -0.1) is 0 Å². The van der Waals surface area contributed by atoms with Crippen molar-refractivity contribution < 1.29 is 9.47 Å². The summed E-state index contributed by atoms with van der Waals surface area (Å²) in [6, 6.07) is 2.04.